The first-order valence-corrected chi connectivity index (χ1v) is 6.72. The molecule has 0 atom stereocenters. The summed E-state index contributed by atoms with van der Waals surface area (Å²) in [6.45, 7) is 3.43. The van der Waals surface area contributed by atoms with Gasteiger partial charge in [0.1, 0.15) is 6.10 Å². The Kier molecular flexibility index (Phi) is 10.3. The van der Waals surface area contributed by atoms with Crippen LogP contribution in [0.4, 0.5) is 0 Å². The van der Waals surface area contributed by atoms with Gasteiger partial charge in [0.2, 0.25) is 0 Å². The molecule has 0 aromatic carbocycles. The summed E-state index contributed by atoms with van der Waals surface area (Å²) >= 11 is 0. The van der Waals surface area contributed by atoms with E-state index in [1.165, 1.54) is 0 Å². The van der Waals surface area contributed by atoms with Crippen LogP contribution in [0.1, 0.15) is 19.3 Å². The second-order valence-electron chi connectivity index (χ2n) is 4.52. The summed E-state index contributed by atoms with van der Waals surface area (Å²) in [6, 6.07) is 0. The van der Waals surface area contributed by atoms with Crippen molar-refractivity contribution in [1.82, 2.24) is 4.90 Å². The lowest BCUT2D eigenvalue weighted by molar-refractivity contribution is -0.769. The SMILES string of the molecule is NCCCN1CCC(O[N+](=O)[O-])CC1.O=C(O)/C=C/C(=O)O. The van der Waals surface area contributed by atoms with Crippen LogP contribution in [0.2, 0.25) is 0 Å². The monoisotopic (exact) mass is 319 g/mol. The lowest BCUT2D eigenvalue weighted by atomic mass is 10.1. The molecule has 0 spiro atoms. The normalized spacial score (nSPS) is 15.9. The van der Waals surface area contributed by atoms with Crippen molar-refractivity contribution in [1.29, 1.82) is 0 Å². The van der Waals surface area contributed by atoms with Gasteiger partial charge in [0.05, 0.1) is 0 Å². The number of carboxylic acids is 2. The molecule has 10 heteroatoms. The standard InChI is InChI=1S/C8H17N3O3.C4H4O4/c9-4-1-5-10-6-2-8(3-7-10)14-11(12)13;5-3(6)1-2-4(7)8/h8H,1-7,9H2;1-2H,(H,5,6)(H,7,8)/b;2-1+. The molecule has 0 aromatic heterocycles. The van der Waals surface area contributed by atoms with Gasteiger partial charge in [-0.1, -0.05) is 0 Å². The third-order valence-corrected chi connectivity index (χ3v) is 2.82. The number of nitrogens with two attached hydrogens (primary N) is 1. The number of hydrogen-bond acceptors (Lipinski definition) is 7. The second kappa shape index (κ2) is 11.5. The fraction of sp³-hybridized carbons (Fsp3) is 0.667. The summed E-state index contributed by atoms with van der Waals surface area (Å²) in [6.07, 6.45) is 3.38. The van der Waals surface area contributed by atoms with E-state index in [-0.39, 0.29) is 6.10 Å². The van der Waals surface area contributed by atoms with E-state index in [2.05, 4.69) is 9.74 Å². The van der Waals surface area contributed by atoms with Crippen LogP contribution >= 0.6 is 0 Å². The number of carboxylic acid groups (broad SMARTS) is 2. The molecule has 1 aliphatic rings. The maximum absolute atomic E-state index is 10.1. The van der Waals surface area contributed by atoms with Gasteiger partial charge >= 0.3 is 11.9 Å². The van der Waals surface area contributed by atoms with Gasteiger partial charge in [-0.15, -0.1) is 10.1 Å². The van der Waals surface area contributed by atoms with Crippen molar-refractivity contribution in [3.05, 3.63) is 22.3 Å². The van der Waals surface area contributed by atoms with E-state index in [1.807, 2.05) is 0 Å². The van der Waals surface area contributed by atoms with Crippen molar-refractivity contribution in [3.8, 4) is 0 Å². The highest BCUT2D eigenvalue weighted by Crippen LogP contribution is 2.13. The molecule has 1 fully saturated rings. The zero-order valence-electron chi connectivity index (χ0n) is 12.1. The number of hydrogen-bond donors (Lipinski definition) is 3. The molecular formula is C12H21N3O7. The lowest BCUT2D eigenvalue weighted by Gasteiger charge is -2.30. The molecule has 0 aromatic rings. The van der Waals surface area contributed by atoms with E-state index < -0.39 is 17.0 Å². The summed E-state index contributed by atoms with van der Waals surface area (Å²) < 4.78 is 0. The smallest absolute Gasteiger partial charge is 0.328 e. The van der Waals surface area contributed by atoms with Crippen molar-refractivity contribution < 1.29 is 29.7 Å². The highest BCUT2D eigenvalue weighted by molar-refractivity contribution is 5.89. The van der Waals surface area contributed by atoms with Crippen LogP contribution < -0.4 is 5.73 Å². The lowest BCUT2D eigenvalue weighted by Crippen LogP contribution is -2.38. The molecule has 126 valence electrons. The Bertz CT molecular complexity index is 376. The minimum Gasteiger partial charge on any atom is -0.478 e. The molecule has 0 amide bonds. The molecule has 22 heavy (non-hydrogen) atoms. The second-order valence-corrected chi connectivity index (χ2v) is 4.52. The summed E-state index contributed by atoms with van der Waals surface area (Å²) in [5, 5.41) is 25.0. The fourth-order valence-corrected chi connectivity index (χ4v) is 1.82. The van der Waals surface area contributed by atoms with E-state index in [4.69, 9.17) is 15.9 Å². The molecule has 0 aliphatic carbocycles. The van der Waals surface area contributed by atoms with Gasteiger partial charge in [-0.25, -0.2) is 9.59 Å². The third-order valence-electron chi connectivity index (χ3n) is 2.82. The van der Waals surface area contributed by atoms with E-state index in [0.717, 1.165) is 38.9 Å². The van der Waals surface area contributed by atoms with Crippen LogP contribution in [0.25, 0.3) is 0 Å². The van der Waals surface area contributed by atoms with Crippen molar-refractivity contribution in [2.24, 2.45) is 5.73 Å². The average Bonchev–Trinajstić information content (AvgIpc) is 2.44. The Morgan fingerprint density at radius 2 is 1.77 bits per heavy atom. The van der Waals surface area contributed by atoms with E-state index in [0.29, 0.717) is 18.7 Å². The van der Waals surface area contributed by atoms with Crippen LogP contribution in [-0.2, 0) is 14.4 Å². The maximum Gasteiger partial charge on any atom is 0.328 e. The first-order valence-electron chi connectivity index (χ1n) is 6.72. The molecule has 0 saturated carbocycles. The minimum absolute atomic E-state index is 0.209. The zero-order chi connectivity index (χ0) is 17.0. The summed E-state index contributed by atoms with van der Waals surface area (Å²) in [5.74, 6) is -2.51. The van der Waals surface area contributed by atoms with Crippen molar-refractivity contribution in [3.63, 3.8) is 0 Å². The molecule has 0 bridgehead atoms. The summed E-state index contributed by atoms with van der Waals surface area (Å²) in [4.78, 5) is 36.0. The van der Waals surface area contributed by atoms with Crippen LogP contribution in [0, 0.1) is 10.1 Å². The molecule has 1 heterocycles. The predicted octanol–water partition coefficient (Wildman–Crippen LogP) is -0.280. The first-order chi connectivity index (χ1) is 10.3. The number of nitrogens with zero attached hydrogens (tertiary/aromatic N) is 2. The minimum atomic E-state index is -1.26. The van der Waals surface area contributed by atoms with Gasteiger partial charge in [0.25, 0.3) is 5.09 Å². The Hall–Kier alpha value is -2.20. The highest BCUT2D eigenvalue weighted by atomic mass is 17.0. The van der Waals surface area contributed by atoms with Crippen LogP contribution in [-0.4, -0.2) is 64.4 Å². The van der Waals surface area contributed by atoms with E-state index in [1.54, 1.807) is 0 Å². The van der Waals surface area contributed by atoms with Gasteiger partial charge in [-0.2, -0.15) is 0 Å². The Labute approximate surface area is 127 Å². The fourth-order valence-electron chi connectivity index (χ4n) is 1.82. The molecule has 1 saturated heterocycles. The van der Waals surface area contributed by atoms with Crippen molar-refractivity contribution in [2.75, 3.05) is 26.2 Å². The van der Waals surface area contributed by atoms with Crippen LogP contribution in [0.5, 0.6) is 0 Å². The maximum atomic E-state index is 10.1. The number of likely N-dealkylation sites (tertiary alicyclic amines) is 1. The molecule has 1 rings (SSSR count). The third kappa shape index (κ3) is 11.6. The Morgan fingerprint density at radius 1 is 1.27 bits per heavy atom. The predicted molar refractivity (Wildman–Crippen MR) is 75.6 cm³/mol. The van der Waals surface area contributed by atoms with Crippen LogP contribution in [0.3, 0.4) is 0 Å². The van der Waals surface area contributed by atoms with Crippen LogP contribution in [0.15, 0.2) is 12.2 Å². The van der Waals surface area contributed by atoms with Gasteiger partial charge in [0, 0.05) is 25.2 Å². The topological polar surface area (TPSA) is 156 Å². The number of piperidine rings is 1. The Balaban J connectivity index is 0.000000472. The van der Waals surface area contributed by atoms with Gasteiger partial charge in [-0.3, -0.25) is 0 Å². The summed E-state index contributed by atoms with van der Waals surface area (Å²) in [7, 11) is 0. The van der Waals surface area contributed by atoms with Gasteiger partial charge in [-0.05, 0) is 32.4 Å². The average molecular weight is 319 g/mol. The molecule has 4 N–H and O–H groups in total. The largest absolute Gasteiger partial charge is 0.478 e. The molecular weight excluding hydrogens is 298 g/mol. The zero-order valence-corrected chi connectivity index (χ0v) is 12.1. The molecule has 10 nitrogen and oxygen atoms in total. The number of aliphatic carboxylic acids is 2. The number of rotatable bonds is 7. The van der Waals surface area contributed by atoms with E-state index >= 15 is 0 Å². The van der Waals surface area contributed by atoms with Gasteiger partial charge < -0.3 is 25.7 Å². The number of carbonyl (C=O) groups is 2. The van der Waals surface area contributed by atoms with Gasteiger partial charge in [0.15, 0.2) is 0 Å². The summed E-state index contributed by atoms with van der Waals surface area (Å²) in [5.41, 5.74) is 5.40. The van der Waals surface area contributed by atoms with Crippen molar-refractivity contribution >= 4 is 11.9 Å². The van der Waals surface area contributed by atoms with Crippen molar-refractivity contribution in [2.45, 2.75) is 25.4 Å². The Morgan fingerprint density at radius 3 is 2.14 bits per heavy atom. The van der Waals surface area contributed by atoms with E-state index in [9.17, 15) is 19.7 Å². The highest BCUT2D eigenvalue weighted by Gasteiger charge is 2.21. The molecule has 0 radical (unpaired) electrons. The first kappa shape index (κ1) is 19.8. The molecule has 1 aliphatic heterocycles. The quantitative estimate of drug-likeness (QED) is 0.326. The molecule has 0 unspecified atom stereocenters.